The van der Waals surface area contributed by atoms with Crippen LogP contribution in [0.3, 0.4) is 0 Å². The van der Waals surface area contributed by atoms with Crippen LogP contribution in [0.2, 0.25) is 0 Å². The maximum absolute atomic E-state index is 11.5. The predicted octanol–water partition coefficient (Wildman–Crippen LogP) is 0.0366. The highest BCUT2D eigenvalue weighted by Gasteiger charge is 2.25. The number of unbranched alkanes of at least 4 members (excludes halogenated alkanes) is 1. The van der Waals surface area contributed by atoms with Crippen molar-refractivity contribution in [1.29, 1.82) is 0 Å². The van der Waals surface area contributed by atoms with Crippen LogP contribution in [0.4, 0.5) is 0 Å². The summed E-state index contributed by atoms with van der Waals surface area (Å²) in [7, 11) is 0. The average molecular weight is 277 g/mol. The van der Waals surface area contributed by atoms with E-state index in [0.717, 1.165) is 18.2 Å². The number of piperazine rings is 1. The summed E-state index contributed by atoms with van der Waals surface area (Å²) < 4.78 is 0. The molecule has 1 aliphatic heterocycles. The lowest BCUT2D eigenvalue weighted by Gasteiger charge is -2.25. The number of nitrogens with zero attached hydrogens (tertiary/aromatic N) is 1. The van der Waals surface area contributed by atoms with Crippen molar-refractivity contribution in [1.82, 2.24) is 10.2 Å². The molecule has 0 spiro atoms. The Balaban J connectivity index is 2.38. The standard InChI is InChI=1S/C9H13BrN2O3/c10-4-2-1-3-9(15)12-5-7(13)11-8(14)6-12/h1-6H2,(H,11,13,14). The first kappa shape index (κ1) is 12.2. The van der Waals surface area contributed by atoms with Crippen molar-refractivity contribution in [3.8, 4) is 0 Å². The van der Waals surface area contributed by atoms with Gasteiger partial charge in [-0.15, -0.1) is 0 Å². The van der Waals surface area contributed by atoms with E-state index >= 15 is 0 Å². The minimum absolute atomic E-state index is 0.00111. The summed E-state index contributed by atoms with van der Waals surface area (Å²) in [5.41, 5.74) is 0. The number of hydrogen-bond donors (Lipinski definition) is 1. The molecule has 0 radical (unpaired) electrons. The lowest BCUT2D eigenvalue weighted by Crippen LogP contribution is -2.53. The highest BCUT2D eigenvalue weighted by Crippen LogP contribution is 2.04. The number of nitrogens with one attached hydrogen (secondary N) is 1. The SMILES string of the molecule is O=C1CN(C(=O)CCCCBr)CC(=O)N1. The van der Waals surface area contributed by atoms with Gasteiger partial charge in [0, 0.05) is 11.8 Å². The molecule has 5 nitrogen and oxygen atoms in total. The summed E-state index contributed by atoms with van der Waals surface area (Å²) in [4.78, 5) is 34.8. The van der Waals surface area contributed by atoms with E-state index in [-0.39, 0.29) is 19.0 Å². The first-order valence-corrected chi connectivity index (χ1v) is 5.92. The Kier molecular flexibility index (Phi) is 4.74. The van der Waals surface area contributed by atoms with Crippen LogP contribution < -0.4 is 5.32 Å². The van der Waals surface area contributed by atoms with Crippen molar-refractivity contribution in [3.63, 3.8) is 0 Å². The molecular formula is C9H13BrN2O3. The minimum atomic E-state index is -0.403. The molecule has 0 bridgehead atoms. The minimum Gasteiger partial charge on any atom is -0.324 e. The van der Waals surface area contributed by atoms with Crippen molar-refractivity contribution >= 4 is 33.7 Å². The van der Waals surface area contributed by atoms with Crippen molar-refractivity contribution in [2.75, 3.05) is 18.4 Å². The molecule has 1 rings (SSSR count). The van der Waals surface area contributed by atoms with Gasteiger partial charge < -0.3 is 4.90 Å². The van der Waals surface area contributed by atoms with Gasteiger partial charge in [-0.1, -0.05) is 15.9 Å². The molecule has 0 aromatic heterocycles. The van der Waals surface area contributed by atoms with Crippen LogP contribution in [0.25, 0.3) is 0 Å². The molecule has 0 saturated carbocycles. The monoisotopic (exact) mass is 276 g/mol. The van der Waals surface area contributed by atoms with Crippen LogP contribution in [-0.2, 0) is 14.4 Å². The summed E-state index contributed by atoms with van der Waals surface area (Å²) in [6, 6.07) is 0. The van der Waals surface area contributed by atoms with Gasteiger partial charge >= 0.3 is 0 Å². The fourth-order valence-corrected chi connectivity index (χ4v) is 1.74. The molecule has 84 valence electrons. The molecule has 0 unspecified atom stereocenters. The topological polar surface area (TPSA) is 66.5 Å². The fraction of sp³-hybridized carbons (Fsp3) is 0.667. The van der Waals surface area contributed by atoms with E-state index in [0.29, 0.717) is 6.42 Å². The second-order valence-electron chi connectivity index (χ2n) is 3.37. The summed E-state index contributed by atoms with van der Waals surface area (Å²) in [5.74, 6) is -0.931. The third kappa shape index (κ3) is 3.99. The molecule has 0 aliphatic carbocycles. The van der Waals surface area contributed by atoms with Crippen LogP contribution in [0.5, 0.6) is 0 Å². The lowest BCUT2D eigenvalue weighted by atomic mass is 10.2. The highest BCUT2D eigenvalue weighted by molar-refractivity contribution is 9.09. The van der Waals surface area contributed by atoms with E-state index in [1.807, 2.05) is 0 Å². The summed E-state index contributed by atoms with van der Waals surface area (Å²) in [6.07, 6.45) is 2.09. The zero-order valence-electron chi connectivity index (χ0n) is 8.29. The second kappa shape index (κ2) is 5.85. The van der Waals surface area contributed by atoms with E-state index < -0.39 is 11.8 Å². The highest BCUT2D eigenvalue weighted by atomic mass is 79.9. The number of rotatable bonds is 4. The molecule has 1 heterocycles. The third-order valence-corrected chi connectivity index (χ3v) is 2.64. The molecule has 15 heavy (non-hydrogen) atoms. The van der Waals surface area contributed by atoms with E-state index in [1.165, 1.54) is 4.90 Å². The van der Waals surface area contributed by atoms with Gasteiger partial charge in [0.2, 0.25) is 17.7 Å². The Morgan fingerprint density at radius 3 is 2.40 bits per heavy atom. The van der Waals surface area contributed by atoms with Gasteiger partial charge in [0.15, 0.2) is 0 Å². The molecular weight excluding hydrogens is 264 g/mol. The number of halogens is 1. The molecule has 0 aromatic carbocycles. The van der Waals surface area contributed by atoms with E-state index in [1.54, 1.807) is 0 Å². The number of carbonyl (C=O) groups excluding carboxylic acids is 3. The average Bonchev–Trinajstić information content (AvgIpc) is 2.16. The van der Waals surface area contributed by atoms with Crippen LogP contribution >= 0.6 is 15.9 Å². The zero-order chi connectivity index (χ0) is 11.3. The number of carbonyl (C=O) groups is 3. The maximum Gasteiger partial charge on any atom is 0.246 e. The molecule has 1 fully saturated rings. The van der Waals surface area contributed by atoms with Crippen LogP contribution in [0.15, 0.2) is 0 Å². The number of amides is 3. The molecule has 1 N–H and O–H groups in total. The Morgan fingerprint density at radius 1 is 1.27 bits per heavy atom. The Morgan fingerprint density at radius 2 is 1.87 bits per heavy atom. The lowest BCUT2D eigenvalue weighted by molar-refractivity contribution is -0.145. The van der Waals surface area contributed by atoms with Gasteiger partial charge in [-0.2, -0.15) is 0 Å². The third-order valence-electron chi connectivity index (χ3n) is 2.07. The first-order valence-electron chi connectivity index (χ1n) is 4.80. The molecule has 0 atom stereocenters. The maximum atomic E-state index is 11.5. The normalized spacial score (nSPS) is 16.5. The number of hydrogen-bond acceptors (Lipinski definition) is 3. The zero-order valence-corrected chi connectivity index (χ0v) is 9.88. The molecule has 6 heteroatoms. The van der Waals surface area contributed by atoms with Crippen molar-refractivity contribution in [3.05, 3.63) is 0 Å². The fourth-order valence-electron chi connectivity index (χ4n) is 1.34. The van der Waals surface area contributed by atoms with Crippen molar-refractivity contribution in [2.45, 2.75) is 19.3 Å². The molecule has 1 aliphatic rings. The second-order valence-corrected chi connectivity index (χ2v) is 4.16. The van der Waals surface area contributed by atoms with Gasteiger partial charge in [-0.05, 0) is 12.8 Å². The smallest absolute Gasteiger partial charge is 0.246 e. The predicted molar refractivity (Wildman–Crippen MR) is 57.4 cm³/mol. The first-order chi connectivity index (χ1) is 7.13. The Bertz CT molecular complexity index is 265. The van der Waals surface area contributed by atoms with E-state index in [2.05, 4.69) is 21.2 Å². The van der Waals surface area contributed by atoms with Gasteiger partial charge in [0.1, 0.15) is 13.1 Å². The van der Waals surface area contributed by atoms with Gasteiger partial charge in [0.25, 0.3) is 0 Å². The van der Waals surface area contributed by atoms with E-state index in [9.17, 15) is 14.4 Å². The van der Waals surface area contributed by atoms with Crippen LogP contribution in [0, 0.1) is 0 Å². The summed E-state index contributed by atoms with van der Waals surface area (Å²) in [6.45, 7) is -0.00221. The van der Waals surface area contributed by atoms with E-state index in [4.69, 9.17) is 0 Å². The van der Waals surface area contributed by atoms with Crippen molar-refractivity contribution in [2.24, 2.45) is 0 Å². The molecule has 1 saturated heterocycles. The summed E-state index contributed by atoms with van der Waals surface area (Å²) in [5, 5.41) is 3.01. The van der Waals surface area contributed by atoms with Crippen LogP contribution in [0.1, 0.15) is 19.3 Å². The Hall–Kier alpha value is -0.910. The van der Waals surface area contributed by atoms with Gasteiger partial charge in [-0.3, -0.25) is 19.7 Å². The molecule has 3 amide bonds. The largest absolute Gasteiger partial charge is 0.324 e. The Labute approximate surface area is 96.3 Å². The van der Waals surface area contributed by atoms with Gasteiger partial charge in [0.05, 0.1) is 0 Å². The quantitative estimate of drug-likeness (QED) is 0.448. The van der Waals surface area contributed by atoms with Crippen molar-refractivity contribution < 1.29 is 14.4 Å². The number of alkyl halides is 1. The van der Waals surface area contributed by atoms with Gasteiger partial charge in [-0.25, -0.2) is 0 Å². The van der Waals surface area contributed by atoms with Crippen LogP contribution in [-0.4, -0.2) is 41.0 Å². The summed E-state index contributed by atoms with van der Waals surface area (Å²) >= 11 is 3.27. The number of imide groups is 1. The molecule has 0 aromatic rings.